The summed E-state index contributed by atoms with van der Waals surface area (Å²) in [6.45, 7) is 11.0. The fraction of sp³-hybridized carbons (Fsp3) is 0.429. The maximum absolute atomic E-state index is 16.8. The van der Waals surface area contributed by atoms with Gasteiger partial charge in [0.15, 0.2) is 11.9 Å². The molecule has 4 saturated heterocycles. The Balaban J connectivity index is 1.20. The van der Waals surface area contributed by atoms with Gasteiger partial charge >= 0.3 is 12.0 Å². The number of nitrogens with zero attached hydrogens (tertiary/aromatic N) is 7. The molecule has 0 aliphatic carbocycles. The molecular weight excluding hydrogens is 637 g/mol. The smallest absolute Gasteiger partial charge is 0.319 e. The first-order valence-corrected chi connectivity index (χ1v) is 16.7. The van der Waals surface area contributed by atoms with E-state index in [2.05, 4.69) is 19.7 Å². The van der Waals surface area contributed by atoms with Crippen molar-refractivity contribution < 1.29 is 23.5 Å². The van der Waals surface area contributed by atoms with Crippen molar-refractivity contribution in [3.05, 3.63) is 64.9 Å². The van der Waals surface area contributed by atoms with Crippen LogP contribution in [0.1, 0.15) is 32.1 Å². The number of fused-ring (bicyclic) bond motifs is 3. The minimum Gasteiger partial charge on any atom is -0.461 e. The van der Waals surface area contributed by atoms with Crippen LogP contribution in [0, 0.1) is 12.4 Å². The third kappa shape index (κ3) is 5.16. The molecule has 0 radical (unpaired) electrons. The van der Waals surface area contributed by atoms with E-state index in [1.54, 1.807) is 23.2 Å². The number of benzene rings is 2. The molecular formula is C35H33ClFN7O4. The Hall–Kier alpha value is -4.60. The number of hydrogen-bond donors (Lipinski definition) is 0. The fourth-order valence-electron chi connectivity index (χ4n) is 7.89. The van der Waals surface area contributed by atoms with E-state index in [0.29, 0.717) is 40.3 Å². The second-order valence-corrected chi connectivity index (χ2v) is 13.4. The van der Waals surface area contributed by atoms with Crippen LogP contribution in [0.2, 0.25) is 5.02 Å². The average Bonchev–Trinajstić information content (AvgIpc) is 3.67. The van der Waals surface area contributed by atoms with Crippen molar-refractivity contribution in [1.29, 1.82) is 0 Å². The molecule has 0 N–H and O–H groups in total. The standard InChI is InChI=1S/C35H33ClFN7O4/c1-38-17-22-19-42(14-15-44(22)33(46)26-16-27(45)48-26)32-24-18-39-30(23-8-2-6-21-7-3-9-25(36)28(21)23)29(37)31(24)40-34(41-32)47-20-35-10-4-12-43(35)13-5-11-35/h2-3,6-9,18,22,26H,4-5,10-17,19-20H2. The van der Waals surface area contributed by atoms with Crippen LogP contribution in [-0.4, -0.2) is 100 Å². The van der Waals surface area contributed by atoms with Crippen molar-refractivity contribution in [1.82, 2.24) is 24.8 Å². The SMILES string of the molecule is [C-]#[N+]CC1CN(c2nc(OCC34CCCN3CCC4)nc3c(F)c(-c4cccc5cccc(Cl)c45)ncc23)CCN1C(=O)C1CC(=O)O1. The van der Waals surface area contributed by atoms with Gasteiger partial charge in [-0.2, -0.15) is 9.97 Å². The molecule has 4 aliphatic heterocycles. The number of ether oxygens (including phenoxy) is 2. The van der Waals surface area contributed by atoms with E-state index >= 15 is 4.39 Å². The lowest BCUT2D eigenvalue weighted by Crippen LogP contribution is -2.60. The number of halogens is 2. The van der Waals surface area contributed by atoms with Crippen molar-refractivity contribution in [2.24, 2.45) is 0 Å². The molecule has 4 fully saturated rings. The molecule has 4 aliphatic rings. The number of anilines is 1. The Labute approximate surface area is 281 Å². The van der Waals surface area contributed by atoms with Crippen molar-refractivity contribution in [3.63, 3.8) is 0 Å². The summed E-state index contributed by atoms with van der Waals surface area (Å²) in [4.78, 5) is 48.3. The van der Waals surface area contributed by atoms with Gasteiger partial charge in [0, 0.05) is 41.8 Å². The highest BCUT2D eigenvalue weighted by molar-refractivity contribution is 6.36. The van der Waals surface area contributed by atoms with Gasteiger partial charge < -0.3 is 24.1 Å². The van der Waals surface area contributed by atoms with Crippen LogP contribution in [0.5, 0.6) is 6.01 Å². The molecule has 2 unspecified atom stereocenters. The van der Waals surface area contributed by atoms with Crippen LogP contribution < -0.4 is 9.64 Å². The lowest BCUT2D eigenvalue weighted by Gasteiger charge is -2.42. The van der Waals surface area contributed by atoms with E-state index in [1.165, 1.54) is 0 Å². The Morgan fingerprint density at radius 2 is 1.90 bits per heavy atom. The predicted octanol–water partition coefficient (Wildman–Crippen LogP) is 4.90. The van der Waals surface area contributed by atoms with Crippen LogP contribution in [0.15, 0.2) is 42.6 Å². The van der Waals surface area contributed by atoms with Gasteiger partial charge in [-0.25, -0.2) is 11.0 Å². The second-order valence-electron chi connectivity index (χ2n) is 13.0. The third-order valence-corrected chi connectivity index (χ3v) is 10.6. The fourth-order valence-corrected chi connectivity index (χ4v) is 8.17. The lowest BCUT2D eigenvalue weighted by atomic mass is 9.95. The Bertz CT molecular complexity index is 1980. The quantitative estimate of drug-likeness (QED) is 0.201. The summed E-state index contributed by atoms with van der Waals surface area (Å²) in [5.41, 5.74) is 0.660. The zero-order valence-electron chi connectivity index (χ0n) is 26.2. The van der Waals surface area contributed by atoms with Gasteiger partial charge in [-0.3, -0.25) is 19.5 Å². The Morgan fingerprint density at radius 1 is 1.12 bits per heavy atom. The Kier molecular flexibility index (Phi) is 7.76. The molecule has 48 heavy (non-hydrogen) atoms. The summed E-state index contributed by atoms with van der Waals surface area (Å²) in [5, 5.41) is 2.44. The minimum absolute atomic E-state index is 0.0368. The predicted molar refractivity (Wildman–Crippen MR) is 177 cm³/mol. The number of aromatic nitrogens is 3. The number of amides is 1. The summed E-state index contributed by atoms with van der Waals surface area (Å²) in [6, 6.07) is 10.7. The number of rotatable bonds is 7. The highest BCUT2D eigenvalue weighted by atomic mass is 35.5. The van der Waals surface area contributed by atoms with Crippen LogP contribution in [0.3, 0.4) is 0 Å². The normalized spacial score (nSPS) is 22.0. The summed E-state index contributed by atoms with van der Waals surface area (Å²) in [6.07, 6.45) is 5.07. The zero-order chi connectivity index (χ0) is 33.0. The maximum Gasteiger partial charge on any atom is 0.319 e. The van der Waals surface area contributed by atoms with E-state index in [9.17, 15) is 9.59 Å². The molecule has 13 heteroatoms. The summed E-state index contributed by atoms with van der Waals surface area (Å²) in [7, 11) is 0. The molecule has 0 saturated carbocycles. The van der Waals surface area contributed by atoms with Crippen molar-refractivity contribution in [2.45, 2.75) is 49.8 Å². The van der Waals surface area contributed by atoms with Gasteiger partial charge in [0.2, 0.25) is 6.54 Å². The first-order valence-electron chi connectivity index (χ1n) is 16.3. The molecule has 1 amide bonds. The van der Waals surface area contributed by atoms with E-state index in [-0.39, 0.29) is 54.7 Å². The highest BCUT2D eigenvalue weighted by Crippen LogP contribution is 2.40. The van der Waals surface area contributed by atoms with Gasteiger partial charge in [0.25, 0.3) is 5.91 Å². The zero-order valence-corrected chi connectivity index (χ0v) is 27.0. The highest BCUT2D eigenvalue weighted by Gasteiger charge is 2.45. The number of hydrogen-bond acceptors (Lipinski definition) is 9. The molecule has 8 rings (SSSR count). The number of carbonyl (C=O) groups is 2. The van der Waals surface area contributed by atoms with Crippen LogP contribution >= 0.6 is 11.6 Å². The van der Waals surface area contributed by atoms with Gasteiger partial charge in [-0.15, -0.1) is 0 Å². The molecule has 2 aromatic carbocycles. The van der Waals surface area contributed by atoms with Crippen molar-refractivity contribution in [2.75, 3.05) is 50.8 Å². The van der Waals surface area contributed by atoms with E-state index in [4.69, 9.17) is 32.6 Å². The lowest BCUT2D eigenvalue weighted by molar-refractivity contribution is -0.180. The van der Waals surface area contributed by atoms with Crippen LogP contribution in [0.25, 0.3) is 37.8 Å². The number of pyridine rings is 1. The monoisotopic (exact) mass is 669 g/mol. The largest absolute Gasteiger partial charge is 0.461 e. The molecule has 4 aromatic rings. The number of cyclic esters (lactones) is 1. The van der Waals surface area contributed by atoms with Gasteiger partial charge in [0.05, 0.1) is 17.3 Å². The van der Waals surface area contributed by atoms with Crippen LogP contribution in [-0.2, 0) is 14.3 Å². The number of esters is 1. The molecule has 2 atom stereocenters. The average molecular weight is 670 g/mol. The maximum atomic E-state index is 16.8. The topological polar surface area (TPSA) is 105 Å². The first kappa shape index (κ1) is 30.7. The Morgan fingerprint density at radius 3 is 2.65 bits per heavy atom. The number of piperazine rings is 1. The minimum atomic E-state index is -0.818. The molecule has 0 spiro atoms. The van der Waals surface area contributed by atoms with E-state index < -0.39 is 23.9 Å². The van der Waals surface area contributed by atoms with E-state index in [0.717, 1.165) is 44.2 Å². The number of carbonyl (C=O) groups excluding carboxylic acids is 2. The van der Waals surface area contributed by atoms with Gasteiger partial charge in [-0.05, 0) is 50.2 Å². The van der Waals surface area contributed by atoms with Crippen LogP contribution in [0.4, 0.5) is 10.2 Å². The summed E-state index contributed by atoms with van der Waals surface area (Å²) < 4.78 is 28.2. The van der Waals surface area contributed by atoms with Crippen molar-refractivity contribution in [3.8, 4) is 17.3 Å². The first-order chi connectivity index (χ1) is 23.3. The molecule has 246 valence electrons. The van der Waals surface area contributed by atoms with Crippen molar-refractivity contribution >= 4 is 51.0 Å². The molecule has 2 aromatic heterocycles. The van der Waals surface area contributed by atoms with E-state index in [1.807, 2.05) is 29.2 Å². The second kappa shape index (κ2) is 12.1. The van der Waals surface area contributed by atoms with Gasteiger partial charge in [-0.1, -0.05) is 41.9 Å². The third-order valence-electron chi connectivity index (χ3n) is 10.3. The van der Waals surface area contributed by atoms with Gasteiger partial charge in [0.1, 0.15) is 29.7 Å². The molecule has 6 heterocycles. The summed E-state index contributed by atoms with van der Waals surface area (Å²) in [5.74, 6) is -0.907. The summed E-state index contributed by atoms with van der Waals surface area (Å²) >= 11 is 6.61. The molecule has 0 bridgehead atoms. The molecule has 11 nitrogen and oxygen atoms in total.